The van der Waals surface area contributed by atoms with Gasteiger partial charge >= 0.3 is 5.97 Å². The number of esters is 1. The molecule has 0 heterocycles. The van der Waals surface area contributed by atoms with Gasteiger partial charge in [-0.2, -0.15) is 0 Å². The maximum Gasteiger partial charge on any atom is 0.325 e. The van der Waals surface area contributed by atoms with Crippen LogP contribution in [0.15, 0.2) is 24.3 Å². The summed E-state index contributed by atoms with van der Waals surface area (Å²) in [6.07, 6.45) is 1.90. The Kier molecular flexibility index (Phi) is 9.06. The molecule has 0 radical (unpaired) electrons. The second-order valence-electron chi connectivity index (χ2n) is 5.40. The highest BCUT2D eigenvalue weighted by molar-refractivity contribution is 5.96. The van der Waals surface area contributed by atoms with E-state index < -0.39 is 11.9 Å². The molecule has 0 fully saturated rings. The van der Waals surface area contributed by atoms with Crippen LogP contribution in [0.2, 0.25) is 0 Å². The first-order chi connectivity index (χ1) is 12.0. The highest BCUT2D eigenvalue weighted by Crippen LogP contribution is 2.10. The number of carbonyl (C=O) groups excluding carboxylic acids is 3. The number of unbranched alkanes of at least 4 members (excludes halogenated alkanes) is 1. The van der Waals surface area contributed by atoms with Gasteiger partial charge in [0.25, 0.3) is 11.8 Å². The summed E-state index contributed by atoms with van der Waals surface area (Å²) in [4.78, 5) is 37.2. The molecule has 0 aromatic heterocycles. The zero-order chi connectivity index (χ0) is 18.7. The largest absolute Gasteiger partial charge is 0.497 e. The highest BCUT2D eigenvalue weighted by atomic mass is 16.5. The summed E-state index contributed by atoms with van der Waals surface area (Å²) < 4.78 is 9.94. The molecule has 7 heteroatoms. The number of benzene rings is 1. The van der Waals surface area contributed by atoms with Gasteiger partial charge in [-0.15, -0.1) is 0 Å². The first-order valence-corrected chi connectivity index (χ1v) is 8.37. The van der Waals surface area contributed by atoms with E-state index in [0.717, 1.165) is 12.8 Å². The number of nitrogens with one attached hydrogen (secondary N) is 1. The molecule has 0 aliphatic heterocycles. The summed E-state index contributed by atoms with van der Waals surface area (Å²) in [6.45, 7) is 4.55. The summed E-state index contributed by atoms with van der Waals surface area (Å²) in [6, 6.07) is 6.49. The molecule has 0 aliphatic carbocycles. The lowest BCUT2D eigenvalue weighted by atomic mass is 10.2. The van der Waals surface area contributed by atoms with Gasteiger partial charge in [0.1, 0.15) is 12.3 Å². The molecule has 1 aromatic carbocycles. The lowest BCUT2D eigenvalue weighted by molar-refractivity contribution is -0.151. The normalized spacial score (nSPS) is 10.0. The van der Waals surface area contributed by atoms with Crippen molar-refractivity contribution in [2.75, 3.05) is 33.4 Å². The maximum atomic E-state index is 12.0. The molecule has 1 aromatic rings. The van der Waals surface area contributed by atoms with E-state index in [-0.39, 0.29) is 19.1 Å². The molecule has 0 saturated heterocycles. The van der Waals surface area contributed by atoms with Crippen molar-refractivity contribution >= 4 is 17.8 Å². The molecule has 1 rings (SSSR count). The van der Waals surface area contributed by atoms with Crippen molar-refractivity contribution in [3.05, 3.63) is 29.8 Å². The van der Waals surface area contributed by atoms with Crippen LogP contribution in [0.1, 0.15) is 37.0 Å². The number of amides is 2. The van der Waals surface area contributed by atoms with Crippen LogP contribution >= 0.6 is 0 Å². The Morgan fingerprint density at radius 2 is 1.80 bits per heavy atom. The van der Waals surface area contributed by atoms with Crippen LogP contribution in [0.25, 0.3) is 0 Å². The molecule has 138 valence electrons. The quantitative estimate of drug-likeness (QED) is 0.648. The van der Waals surface area contributed by atoms with E-state index in [1.165, 1.54) is 7.11 Å². The SMILES string of the molecule is CCCCN(CC)C(=O)COC(=O)CNC(=O)c1ccc(OC)cc1. The molecule has 0 bridgehead atoms. The Morgan fingerprint density at radius 1 is 1.12 bits per heavy atom. The fourth-order valence-electron chi connectivity index (χ4n) is 2.09. The van der Waals surface area contributed by atoms with Crippen molar-refractivity contribution in [3.8, 4) is 5.75 Å². The maximum absolute atomic E-state index is 12.0. The Balaban J connectivity index is 2.36. The average Bonchev–Trinajstić information content (AvgIpc) is 2.65. The number of carbonyl (C=O) groups is 3. The third-order valence-electron chi connectivity index (χ3n) is 3.62. The van der Waals surface area contributed by atoms with Gasteiger partial charge < -0.3 is 19.7 Å². The minimum Gasteiger partial charge on any atom is -0.497 e. The standard InChI is InChI=1S/C18H26N2O5/c1-4-6-11-20(5-2)16(21)13-25-17(22)12-19-18(23)14-7-9-15(24-3)10-8-14/h7-10H,4-6,11-13H2,1-3H3,(H,19,23). The second kappa shape index (κ2) is 11.1. The van der Waals surface area contributed by atoms with Crippen molar-refractivity contribution in [2.45, 2.75) is 26.7 Å². The van der Waals surface area contributed by atoms with E-state index in [2.05, 4.69) is 5.32 Å². The molecule has 0 unspecified atom stereocenters. The Labute approximate surface area is 148 Å². The van der Waals surface area contributed by atoms with Gasteiger partial charge in [-0.3, -0.25) is 14.4 Å². The molecule has 0 spiro atoms. The van der Waals surface area contributed by atoms with Gasteiger partial charge in [-0.25, -0.2) is 0 Å². The second-order valence-corrected chi connectivity index (χ2v) is 5.40. The van der Waals surface area contributed by atoms with E-state index in [1.807, 2.05) is 13.8 Å². The first kappa shape index (κ1) is 20.5. The number of nitrogens with zero attached hydrogens (tertiary/aromatic N) is 1. The van der Waals surface area contributed by atoms with Gasteiger partial charge in [0, 0.05) is 18.7 Å². The summed E-state index contributed by atoms with van der Waals surface area (Å²) in [5.74, 6) is -0.644. The smallest absolute Gasteiger partial charge is 0.325 e. The summed E-state index contributed by atoms with van der Waals surface area (Å²) in [7, 11) is 1.54. The third kappa shape index (κ3) is 7.24. The van der Waals surface area contributed by atoms with Gasteiger partial charge in [0.05, 0.1) is 7.11 Å². The molecule has 7 nitrogen and oxygen atoms in total. The van der Waals surface area contributed by atoms with Crippen LogP contribution in [0.4, 0.5) is 0 Å². The van der Waals surface area contributed by atoms with Crippen LogP contribution in [0.5, 0.6) is 5.75 Å². The van der Waals surface area contributed by atoms with Gasteiger partial charge in [0.15, 0.2) is 6.61 Å². The van der Waals surface area contributed by atoms with Crippen molar-refractivity contribution in [2.24, 2.45) is 0 Å². The van der Waals surface area contributed by atoms with E-state index in [4.69, 9.17) is 9.47 Å². The predicted molar refractivity (Wildman–Crippen MR) is 93.4 cm³/mol. The minimum absolute atomic E-state index is 0.231. The predicted octanol–water partition coefficient (Wildman–Crippen LogP) is 1.62. The number of likely N-dealkylation sites (N-methyl/N-ethyl adjacent to an activating group) is 1. The number of hydrogen-bond acceptors (Lipinski definition) is 5. The van der Waals surface area contributed by atoms with Crippen LogP contribution in [0, 0.1) is 0 Å². The van der Waals surface area contributed by atoms with Crippen molar-refractivity contribution < 1.29 is 23.9 Å². The zero-order valence-electron chi connectivity index (χ0n) is 15.0. The van der Waals surface area contributed by atoms with E-state index in [9.17, 15) is 14.4 Å². The Hall–Kier alpha value is -2.57. The summed E-state index contributed by atoms with van der Waals surface area (Å²) in [5, 5.41) is 2.46. The molecular formula is C18H26N2O5. The summed E-state index contributed by atoms with van der Waals surface area (Å²) >= 11 is 0. The first-order valence-electron chi connectivity index (χ1n) is 8.37. The van der Waals surface area contributed by atoms with Gasteiger partial charge in [-0.1, -0.05) is 13.3 Å². The zero-order valence-corrected chi connectivity index (χ0v) is 15.0. The minimum atomic E-state index is -0.651. The van der Waals surface area contributed by atoms with Gasteiger partial charge in [-0.05, 0) is 37.6 Å². The van der Waals surface area contributed by atoms with Crippen molar-refractivity contribution in [1.82, 2.24) is 10.2 Å². The van der Waals surface area contributed by atoms with E-state index in [1.54, 1.807) is 29.2 Å². The topological polar surface area (TPSA) is 84.9 Å². The van der Waals surface area contributed by atoms with Crippen molar-refractivity contribution in [3.63, 3.8) is 0 Å². The van der Waals surface area contributed by atoms with Crippen LogP contribution in [0.3, 0.4) is 0 Å². The highest BCUT2D eigenvalue weighted by Gasteiger charge is 2.14. The molecule has 0 aliphatic rings. The number of ether oxygens (including phenoxy) is 2. The van der Waals surface area contributed by atoms with Crippen LogP contribution in [-0.4, -0.2) is 56.0 Å². The number of methoxy groups -OCH3 is 1. The summed E-state index contributed by atoms with van der Waals surface area (Å²) in [5.41, 5.74) is 0.404. The lowest BCUT2D eigenvalue weighted by Gasteiger charge is -2.20. The number of rotatable bonds is 10. The van der Waals surface area contributed by atoms with Crippen molar-refractivity contribution in [1.29, 1.82) is 0 Å². The lowest BCUT2D eigenvalue weighted by Crippen LogP contribution is -2.37. The Bertz CT molecular complexity index is 571. The molecular weight excluding hydrogens is 324 g/mol. The van der Waals surface area contributed by atoms with E-state index in [0.29, 0.717) is 24.4 Å². The fraction of sp³-hybridized carbons (Fsp3) is 0.500. The Morgan fingerprint density at radius 3 is 2.36 bits per heavy atom. The number of hydrogen-bond donors (Lipinski definition) is 1. The fourth-order valence-corrected chi connectivity index (χ4v) is 2.09. The molecule has 2 amide bonds. The van der Waals surface area contributed by atoms with Crippen LogP contribution < -0.4 is 10.1 Å². The molecule has 1 N–H and O–H groups in total. The van der Waals surface area contributed by atoms with Gasteiger partial charge in [0.2, 0.25) is 0 Å². The molecule has 25 heavy (non-hydrogen) atoms. The molecule has 0 saturated carbocycles. The molecule has 0 atom stereocenters. The van der Waals surface area contributed by atoms with E-state index >= 15 is 0 Å². The third-order valence-corrected chi connectivity index (χ3v) is 3.62. The average molecular weight is 350 g/mol. The monoisotopic (exact) mass is 350 g/mol. The van der Waals surface area contributed by atoms with Crippen LogP contribution in [-0.2, 0) is 14.3 Å².